The van der Waals surface area contributed by atoms with E-state index in [4.69, 9.17) is 5.11 Å². The first-order valence-electron chi connectivity index (χ1n) is 6.49. The van der Waals surface area contributed by atoms with E-state index < -0.39 is 0 Å². The first-order valence-corrected chi connectivity index (χ1v) is 7.37. The molecule has 0 spiro atoms. The van der Waals surface area contributed by atoms with Crippen LogP contribution in [0.4, 0.5) is 0 Å². The molecule has 2 nitrogen and oxygen atoms in total. The number of hydrogen-bond acceptors (Lipinski definition) is 3. The van der Waals surface area contributed by atoms with Crippen molar-refractivity contribution in [3.8, 4) is 11.8 Å². The third-order valence-corrected chi connectivity index (χ3v) is 4.53. The molecule has 1 aliphatic rings. The van der Waals surface area contributed by atoms with Gasteiger partial charge in [-0.25, -0.2) is 0 Å². The molecule has 0 amide bonds. The number of nitrogens with zero attached hydrogens (tertiary/aromatic N) is 1. The molecule has 0 bridgehead atoms. The Morgan fingerprint density at radius 3 is 2.78 bits per heavy atom. The minimum Gasteiger partial charge on any atom is -0.384 e. The van der Waals surface area contributed by atoms with Gasteiger partial charge in [0.1, 0.15) is 6.61 Å². The predicted molar refractivity (Wildman–Crippen MR) is 76.6 cm³/mol. The van der Waals surface area contributed by atoms with Crippen molar-refractivity contribution in [2.45, 2.75) is 33.2 Å². The molecule has 0 aliphatic carbocycles. The Kier molecular flexibility index (Phi) is 4.45. The van der Waals surface area contributed by atoms with E-state index in [0.29, 0.717) is 5.41 Å². The Morgan fingerprint density at radius 1 is 1.39 bits per heavy atom. The van der Waals surface area contributed by atoms with Crippen LogP contribution in [0.1, 0.15) is 37.1 Å². The highest BCUT2D eigenvalue weighted by molar-refractivity contribution is 7.10. The summed E-state index contributed by atoms with van der Waals surface area (Å²) in [5, 5.41) is 10.8. The zero-order valence-corrected chi connectivity index (χ0v) is 12.0. The number of aliphatic hydroxyl groups is 1. The Labute approximate surface area is 114 Å². The minimum absolute atomic E-state index is 0.0623. The fourth-order valence-electron chi connectivity index (χ4n) is 2.23. The molecule has 0 saturated carbocycles. The van der Waals surface area contributed by atoms with Crippen LogP contribution in [0.5, 0.6) is 0 Å². The second-order valence-electron chi connectivity index (χ2n) is 5.66. The van der Waals surface area contributed by atoms with Gasteiger partial charge >= 0.3 is 0 Å². The highest BCUT2D eigenvalue weighted by Gasteiger charge is 2.25. The van der Waals surface area contributed by atoms with E-state index in [0.717, 1.165) is 12.1 Å². The summed E-state index contributed by atoms with van der Waals surface area (Å²) < 4.78 is 0. The van der Waals surface area contributed by atoms with Crippen molar-refractivity contribution in [3.63, 3.8) is 0 Å². The SMILES string of the molecule is CC1(C)CCN(Cc2sccc2C#CCO)CC1. The van der Waals surface area contributed by atoms with Gasteiger partial charge in [0.05, 0.1) is 0 Å². The summed E-state index contributed by atoms with van der Waals surface area (Å²) in [6, 6.07) is 2.05. The van der Waals surface area contributed by atoms with Crippen LogP contribution in [0, 0.1) is 17.3 Å². The molecular weight excluding hydrogens is 242 g/mol. The number of rotatable bonds is 2. The zero-order valence-electron chi connectivity index (χ0n) is 11.2. The number of thiophene rings is 1. The lowest BCUT2D eigenvalue weighted by molar-refractivity contribution is 0.128. The van der Waals surface area contributed by atoms with Crippen LogP contribution < -0.4 is 0 Å². The van der Waals surface area contributed by atoms with Crippen molar-refractivity contribution in [1.29, 1.82) is 0 Å². The summed E-state index contributed by atoms with van der Waals surface area (Å²) in [5.41, 5.74) is 1.59. The van der Waals surface area contributed by atoms with Gasteiger partial charge in [-0.1, -0.05) is 25.7 Å². The maximum atomic E-state index is 8.75. The monoisotopic (exact) mass is 263 g/mol. The van der Waals surface area contributed by atoms with Crippen molar-refractivity contribution in [2.24, 2.45) is 5.41 Å². The Morgan fingerprint density at radius 2 is 2.11 bits per heavy atom. The number of aliphatic hydroxyl groups excluding tert-OH is 1. The van der Waals surface area contributed by atoms with E-state index >= 15 is 0 Å². The average Bonchev–Trinajstić information content (AvgIpc) is 2.77. The maximum absolute atomic E-state index is 8.75. The summed E-state index contributed by atoms with van der Waals surface area (Å²) in [6.45, 7) is 8.01. The molecule has 1 fully saturated rings. The third kappa shape index (κ3) is 3.58. The zero-order chi connectivity index (χ0) is 13.0. The Bertz CT molecular complexity index is 443. The summed E-state index contributed by atoms with van der Waals surface area (Å²) >= 11 is 1.77. The fourth-order valence-corrected chi connectivity index (χ4v) is 3.10. The summed E-state index contributed by atoms with van der Waals surface area (Å²) in [4.78, 5) is 3.84. The molecule has 0 unspecified atom stereocenters. The van der Waals surface area contributed by atoms with Crippen molar-refractivity contribution in [2.75, 3.05) is 19.7 Å². The lowest BCUT2D eigenvalue weighted by Crippen LogP contribution is -2.36. The van der Waals surface area contributed by atoms with Crippen molar-refractivity contribution >= 4 is 11.3 Å². The minimum atomic E-state index is -0.0623. The molecule has 2 heterocycles. The van der Waals surface area contributed by atoms with Crippen LogP contribution >= 0.6 is 11.3 Å². The lowest BCUT2D eigenvalue weighted by atomic mass is 9.83. The second kappa shape index (κ2) is 5.88. The first kappa shape index (κ1) is 13.6. The summed E-state index contributed by atoms with van der Waals surface area (Å²) in [7, 11) is 0. The molecule has 18 heavy (non-hydrogen) atoms. The predicted octanol–water partition coefficient (Wildman–Crippen LogP) is 2.71. The normalized spacial score (nSPS) is 19.3. The first-order chi connectivity index (χ1) is 8.61. The van der Waals surface area contributed by atoms with Crippen LogP contribution in [0.25, 0.3) is 0 Å². The van der Waals surface area contributed by atoms with Crippen LogP contribution in [0.3, 0.4) is 0 Å². The quantitative estimate of drug-likeness (QED) is 0.829. The molecule has 0 radical (unpaired) electrons. The van der Waals surface area contributed by atoms with Gasteiger partial charge in [-0.15, -0.1) is 11.3 Å². The third-order valence-electron chi connectivity index (χ3n) is 3.62. The molecule has 0 atom stereocenters. The van der Waals surface area contributed by atoms with Crippen LogP contribution in [-0.4, -0.2) is 29.7 Å². The number of hydrogen-bond donors (Lipinski definition) is 1. The molecule has 3 heteroatoms. The van der Waals surface area contributed by atoms with E-state index in [1.807, 2.05) is 0 Å². The summed E-state index contributed by atoms with van der Waals surface area (Å²) in [6.07, 6.45) is 2.55. The average molecular weight is 263 g/mol. The standard InChI is InChI=1S/C15H21NOS/c1-15(2)6-8-16(9-7-15)12-14-13(4-3-10-17)5-11-18-14/h5,11,17H,6-10,12H2,1-2H3. The van der Waals surface area contributed by atoms with Gasteiger partial charge in [0.25, 0.3) is 0 Å². The molecule has 1 aromatic rings. The summed E-state index contributed by atoms with van der Waals surface area (Å²) in [5.74, 6) is 5.77. The van der Waals surface area contributed by atoms with Crippen LogP contribution in [0.2, 0.25) is 0 Å². The van der Waals surface area contributed by atoms with Gasteiger partial charge in [-0.3, -0.25) is 4.90 Å². The van der Waals surface area contributed by atoms with Crippen LogP contribution in [0.15, 0.2) is 11.4 Å². The van der Waals surface area contributed by atoms with E-state index in [-0.39, 0.29) is 6.61 Å². The Hall–Kier alpha value is -0.820. The maximum Gasteiger partial charge on any atom is 0.104 e. The van der Waals surface area contributed by atoms with Crippen molar-refractivity contribution in [3.05, 3.63) is 21.9 Å². The topological polar surface area (TPSA) is 23.5 Å². The van der Waals surface area contributed by atoms with Gasteiger partial charge in [0, 0.05) is 17.0 Å². The number of likely N-dealkylation sites (tertiary alicyclic amines) is 1. The molecular formula is C15H21NOS. The van der Waals surface area contributed by atoms with Gasteiger partial charge in [0.2, 0.25) is 0 Å². The van der Waals surface area contributed by atoms with Gasteiger partial charge in [0.15, 0.2) is 0 Å². The van der Waals surface area contributed by atoms with Gasteiger partial charge in [-0.2, -0.15) is 0 Å². The van der Waals surface area contributed by atoms with Crippen molar-refractivity contribution < 1.29 is 5.11 Å². The molecule has 1 N–H and O–H groups in total. The largest absolute Gasteiger partial charge is 0.384 e. The molecule has 1 saturated heterocycles. The molecule has 2 rings (SSSR count). The van der Waals surface area contributed by atoms with E-state index in [1.165, 1.54) is 30.8 Å². The number of piperidine rings is 1. The Balaban J connectivity index is 1.96. The van der Waals surface area contributed by atoms with Crippen molar-refractivity contribution in [1.82, 2.24) is 4.90 Å². The van der Waals surface area contributed by atoms with E-state index in [2.05, 4.69) is 42.0 Å². The molecule has 1 aromatic heterocycles. The highest BCUT2D eigenvalue weighted by Crippen LogP contribution is 2.31. The highest BCUT2D eigenvalue weighted by atomic mass is 32.1. The van der Waals surface area contributed by atoms with Crippen LogP contribution in [-0.2, 0) is 6.54 Å². The van der Waals surface area contributed by atoms with E-state index in [9.17, 15) is 0 Å². The van der Waals surface area contributed by atoms with Gasteiger partial charge in [-0.05, 0) is 42.8 Å². The molecule has 0 aromatic carbocycles. The van der Waals surface area contributed by atoms with Gasteiger partial charge < -0.3 is 5.11 Å². The molecule has 98 valence electrons. The lowest BCUT2D eigenvalue weighted by Gasteiger charge is -2.36. The smallest absolute Gasteiger partial charge is 0.104 e. The molecule has 1 aliphatic heterocycles. The second-order valence-corrected chi connectivity index (χ2v) is 6.66. The fraction of sp³-hybridized carbons (Fsp3) is 0.600. The van der Waals surface area contributed by atoms with E-state index in [1.54, 1.807) is 11.3 Å².